The Bertz CT molecular complexity index is 2490. The van der Waals surface area contributed by atoms with E-state index in [1.54, 1.807) is 0 Å². The molecule has 5 aliphatic carbocycles. The van der Waals surface area contributed by atoms with Crippen LogP contribution in [-0.2, 0) is 66.5 Å². The number of hydrogen-bond acceptors (Lipinski definition) is 27. The maximum Gasteiger partial charge on any atom is 0.315 e. The van der Waals surface area contributed by atoms with Gasteiger partial charge in [0.25, 0.3) is 6.47 Å². The molecule has 0 spiro atoms. The molecule has 490 valence electrons. The maximum absolute atomic E-state index is 15.5. The summed E-state index contributed by atoms with van der Waals surface area (Å²) in [5.74, 6) is -3.28. The van der Waals surface area contributed by atoms with Gasteiger partial charge in [-0.05, 0) is 118 Å². The lowest BCUT2D eigenvalue weighted by Gasteiger charge is -2.71. The molecule has 33 atom stereocenters. The number of carboxylic acids is 1. The third-order valence-electron chi connectivity index (χ3n) is 22.6. The largest absolute Gasteiger partial charge is 0.481 e. The highest BCUT2D eigenvalue weighted by molar-refractivity contribution is 5.79. The maximum atomic E-state index is 15.5. The molecule has 0 radical (unpaired) electrons. The Labute approximate surface area is 497 Å². The standard InChI is InChI=1S/C58H90O28/c1-22-31(63)34(66)43(83-48-38(70)35(67)41(23(2)80-48)81-45-36(68)32(64)27(61)19-76-45)50(79-22)86-52(75)58-15-13-53(3,4)17-25(58)24-9-10-29-54(5)18-26(60)44(57(8,51(73)74)30(54)11-12-56(29,7)55(24,6)14-16-58)84-49-40(72)42(39(71)47(85-49)78-21-59)82-46-37(69)33(65)28(62)20-77-46/h9,21-23,25-50,60-72H,10-20H2,1-8H3,(H,73,74)/t22?,23?,25-,26-,27+,28+,29?,30+,31-,32-,33-,34?,35+,36?,37?,38?,39-,40?,41-,42-,43+,44-,45-,46-,47?,48-,49+,50-,54+,55+,56+,57-,58-/m0/s1. The minimum atomic E-state index is -2.00. The normalized spacial score (nSPS) is 54.6. The van der Waals surface area contributed by atoms with Crippen molar-refractivity contribution in [3.05, 3.63) is 11.6 Å². The van der Waals surface area contributed by atoms with Crippen LogP contribution in [0, 0.1) is 50.2 Å². The van der Waals surface area contributed by atoms with E-state index >= 15 is 4.79 Å². The molecule has 9 unspecified atom stereocenters. The van der Waals surface area contributed by atoms with Gasteiger partial charge in [0, 0.05) is 0 Å². The van der Waals surface area contributed by atoms with E-state index in [1.807, 2.05) is 6.92 Å². The fraction of sp³-hybridized carbons (Fsp3) is 0.914. The van der Waals surface area contributed by atoms with Gasteiger partial charge in [-0.25, -0.2) is 0 Å². The Kier molecular flexibility index (Phi) is 18.5. The molecule has 10 rings (SSSR count). The van der Waals surface area contributed by atoms with Crippen molar-refractivity contribution in [2.45, 2.75) is 267 Å². The summed E-state index contributed by atoms with van der Waals surface area (Å²) in [6.07, 6.45) is -35.5. The number of hydrogen-bond donors (Lipinski definition) is 14. The van der Waals surface area contributed by atoms with Gasteiger partial charge in [0.15, 0.2) is 31.3 Å². The van der Waals surface area contributed by atoms with Crippen LogP contribution in [0.2, 0.25) is 0 Å². The van der Waals surface area contributed by atoms with Crippen molar-refractivity contribution in [2.75, 3.05) is 13.2 Å². The lowest BCUT2D eigenvalue weighted by molar-refractivity contribution is -0.387. The summed E-state index contributed by atoms with van der Waals surface area (Å²) in [4.78, 5) is 41.1. The zero-order chi connectivity index (χ0) is 62.9. The quantitative estimate of drug-likeness (QED) is 0.0386. The number of fused-ring (bicyclic) bond motifs is 7. The van der Waals surface area contributed by atoms with Gasteiger partial charge < -0.3 is 124 Å². The van der Waals surface area contributed by atoms with Gasteiger partial charge in [0.1, 0.15) is 91.6 Å². The molecule has 14 N–H and O–H groups in total. The average molecular weight is 1240 g/mol. The van der Waals surface area contributed by atoms with Crippen LogP contribution in [0.4, 0.5) is 0 Å². The third-order valence-corrected chi connectivity index (χ3v) is 22.6. The molecule has 5 heterocycles. The lowest BCUT2D eigenvalue weighted by atomic mass is 9.33. The Morgan fingerprint density at radius 2 is 1.09 bits per heavy atom. The summed E-state index contributed by atoms with van der Waals surface area (Å²) in [7, 11) is 0. The second kappa shape index (κ2) is 24.1. The van der Waals surface area contributed by atoms with Gasteiger partial charge >= 0.3 is 11.9 Å². The second-order valence-corrected chi connectivity index (χ2v) is 28.0. The first-order valence-electron chi connectivity index (χ1n) is 30.1. The molecule has 0 aromatic heterocycles. The highest BCUT2D eigenvalue weighted by Gasteiger charge is 2.73. The summed E-state index contributed by atoms with van der Waals surface area (Å²) in [6.45, 7) is 14.2. The number of carboxylic acid groups (broad SMARTS) is 1. The van der Waals surface area contributed by atoms with E-state index in [-0.39, 0.29) is 24.2 Å². The lowest BCUT2D eigenvalue weighted by Crippen LogP contribution is -2.70. The highest BCUT2D eigenvalue weighted by Crippen LogP contribution is 2.76. The smallest absolute Gasteiger partial charge is 0.315 e. The number of aliphatic hydroxyl groups is 13. The van der Waals surface area contributed by atoms with Crippen LogP contribution >= 0.6 is 0 Å². The van der Waals surface area contributed by atoms with Crippen LogP contribution in [0.3, 0.4) is 0 Å². The minimum absolute atomic E-state index is 0.0223. The van der Waals surface area contributed by atoms with Crippen LogP contribution in [-0.4, -0.2) is 257 Å². The third kappa shape index (κ3) is 10.8. The molecule has 10 aliphatic rings. The molecular formula is C58H90O28. The summed E-state index contributed by atoms with van der Waals surface area (Å²) in [5.41, 5.74) is -4.29. The molecule has 0 amide bonds. The molecule has 5 saturated heterocycles. The van der Waals surface area contributed by atoms with Crippen molar-refractivity contribution in [3.63, 3.8) is 0 Å². The molecule has 0 aromatic carbocycles. The summed E-state index contributed by atoms with van der Waals surface area (Å²) in [5, 5.41) is 154. The molecule has 28 heteroatoms. The monoisotopic (exact) mass is 1230 g/mol. The number of carbonyl (C=O) groups excluding carboxylic acids is 2. The number of aliphatic hydroxyl groups excluding tert-OH is 13. The van der Waals surface area contributed by atoms with Gasteiger partial charge in [0.05, 0.1) is 42.4 Å². The highest BCUT2D eigenvalue weighted by atomic mass is 16.8. The predicted molar refractivity (Wildman–Crippen MR) is 284 cm³/mol. The Morgan fingerprint density at radius 3 is 1.71 bits per heavy atom. The molecule has 5 aliphatic heterocycles. The topological polar surface area (TPSA) is 436 Å². The van der Waals surface area contributed by atoms with Gasteiger partial charge in [-0.3, -0.25) is 14.4 Å². The first-order chi connectivity index (χ1) is 40.2. The fourth-order valence-corrected chi connectivity index (χ4v) is 17.3. The van der Waals surface area contributed by atoms with E-state index in [9.17, 15) is 81.1 Å². The zero-order valence-corrected chi connectivity index (χ0v) is 49.6. The minimum Gasteiger partial charge on any atom is -0.481 e. The average Bonchev–Trinajstić information content (AvgIpc) is 0.680. The van der Waals surface area contributed by atoms with Gasteiger partial charge in [-0.15, -0.1) is 0 Å². The number of allylic oxidation sites excluding steroid dienone is 2. The summed E-state index contributed by atoms with van der Waals surface area (Å²) in [6, 6.07) is 0. The van der Waals surface area contributed by atoms with Gasteiger partial charge in [-0.2, -0.15) is 0 Å². The second-order valence-electron chi connectivity index (χ2n) is 28.0. The zero-order valence-electron chi connectivity index (χ0n) is 49.6. The fourth-order valence-electron chi connectivity index (χ4n) is 17.3. The van der Waals surface area contributed by atoms with Crippen molar-refractivity contribution >= 4 is 18.4 Å². The van der Waals surface area contributed by atoms with Crippen LogP contribution in [0.25, 0.3) is 0 Å². The van der Waals surface area contributed by atoms with Crippen LogP contribution in [0.1, 0.15) is 113 Å². The van der Waals surface area contributed by atoms with Crippen LogP contribution < -0.4 is 0 Å². The number of esters is 1. The van der Waals surface area contributed by atoms with Gasteiger partial charge in [-0.1, -0.05) is 46.3 Å². The Morgan fingerprint density at radius 1 is 0.547 bits per heavy atom. The van der Waals surface area contributed by atoms with E-state index in [4.69, 9.17) is 52.1 Å². The molecule has 0 aromatic rings. The Hall–Kier alpha value is -2.73. The first kappa shape index (κ1) is 66.2. The molecule has 28 nitrogen and oxygen atoms in total. The number of ether oxygens (including phenoxy) is 11. The van der Waals surface area contributed by atoms with Crippen molar-refractivity contribution in [2.24, 2.45) is 50.2 Å². The molecule has 0 bridgehead atoms. The number of rotatable bonds is 13. The van der Waals surface area contributed by atoms with Crippen LogP contribution in [0.5, 0.6) is 0 Å². The number of carbonyl (C=O) groups is 3. The summed E-state index contributed by atoms with van der Waals surface area (Å²) >= 11 is 0. The predicted octanol–water partition coefficient (Wildman–Crippen LogP) is -2.70. The van der Waals surface area contributed by atoms with E-state index in [0.717, 1.165) is 5.57 Å². The molecule has 9 fully saturated rings. The SMILES string of the molecule is CC1O[C@@H](OC(=O)[C@]23CCC(C)(C)C[C@H]2C2=CCC4[C@@]5(C)C[C@H](O)[C@H](O[C@@H]6OC(OC=O)[C@@H](O)[C@H](O[C@@H]7OC[C@@H](O)[C@H](O)C7O)C6O)[C@@](C)(C(=O)O)[C@@H]5CC[C@@]4(C)[C@]2(C)CC3)[C@H](O[C@@H]2OC(C)[C@H](O[C@@H]3OC[C@@H](O)[C@H](O)C3O)[C@H](O)C2O)C(O)[C@H]1O. The van der Waals surface area contributed by atoms with Gasteiger partial charge in [0.2, 0.25) is 12.6 Å². The van der Waals surface area contributed by atoms with E-state index < -0.39 is 218 Å². The molecule has 4 saturated carbocycles. The number of aliphatic carboxylic acids is 1. The van der Waals surface area contributed by atoms with E-state index in [2.05, 4.69) is 33.8 Å². The van der Waals surface area contributed by atoms with Crippen molar-refractivity contribution in [1.82, 2.24) is 0 Å². The van der Waals surface area contributed by atoms with Crippen molar-refractivity contribution < 1.29 is 138 Å². The van der Waals surface area contributed by atoms with E-state index in [0.29, 0.717) is 51.4 Å². The van der Waals surface area contributed by atoms with E-state index in [1.165, 1.54) is 20.8 Å². The summed E-state index contributed by atoms with van der Waals surface area (Å²) < 4.78 is 63.8. The van der Waals surface area contributed by atoms with Crippen molar-refractivity contribution in [1.29, 1.82) is 0 Å². The van der Waals surface area contributed by atoms with Crippen molar-refractivity contribution in [3.8, 4) is 0 Å². The molecule has 86 heavy (non-hydrogen) atoms. The van der Waals surface area contributed by atoms with Crippen LogP contribution in [0.15, 0.2) is 11.6 Å². The first-order valence-corrected chi connectivity index (χ1v) is 30.1. The Balaban J connectivity index is 0.889. The molecular weight excluding hydrogens is 1140 g/mol.